The monoisotopic (exact) mass is 389 g/mol. The summed E-state index contributed by atoms with van der Waals surface area (Å²) in [6.45, 7) is 2.82. The van der Waals surface area contributed by atoms with Gasteiger partial charge in [-0.2, -0.15) is 0 Å². The first-order valence-corrected chi connectivity index (χ1v) is 10.6. The van der Waals surface area contributed by atoms with E-state index in [1.165, 1.54) is 10.4 Å². The predicted octanol–water partition coefficient (Wildman–Crippen LogP) is 5.52. The van der Waals surface area contributed by atoms with E-state index in [1.54, 1.807) is 11.3 Å². The van der Waals surface area contributed by atoms with Gasteiger partial charge < -0.3 is 4.90 Å². The van der Waals surface area contributed by atoms with Crippen LogP contribution in [0.2, 0.25) is 0 Å². The van der Waals surface area contributed by atoms with Gasteiger partial charge in [0.25, 0.3) is 0 Å². The Morgan fingerprint density at radius 3 is 2.43 bits per heavy atom. The van der Waals surface area contributed by atoms with Crippen LogP contribution in [0.1, 0.15) is 46.6 Å². The maximum atomic E-state index is 12.7. The van der Waals surface area contributed by atoms with Gasteiger partial charge in [0.1, 0.15) is 0 Å². The summed E-state index contributed by atoms with van der Waals surface area (Å²) in [5.41, 5.74) is 4.14. The summed E-state index contributed by atoms with van der Waals surface area (Å²) in [6.07, 6.45) is 1.43. The Bertz CT molecular complexity index is 975. The van der Waals surface area contributed by atoms with Gasteiger partial charge in [-0.1, -0.05) is 54.6 Å². The van der Waals surface area contributed by atoms with E-state index in [2.05, 4.69) is 18.4 Å². The summed E-state index contributed by atoms with van der Waals surface area (Å²) >= 11 is 1.77. The Morgan fingerprint density at radius 1 is 0.964 bits per heavy atom. The smallest absolute Gasteiger partial charge is 0.223 e. The fourth-order valence-electron chi connectivity index (χ4n) is 3.84. The van der Waals surface area contributed by atoms with Crippen molar-refractivity contribution in [3.63, 3.8) is 0 Å². The molecule has 1 aliphatic heterocycles. The fraction of sp³-hybridized carbons (Fsp3) is 0.250. The predicted molar refractivity (Wildman–Crippen MR) is 114 cm³/mol. The third-order valence-electron chi connectivity index (χ3n) is 5.48. The van der Waals surface area contributed by atoms with Crippen molar-refractivity contribution in [1.29, 1.82) is 0 Å². The van der Waals surface area contributed by atoms with Crippen LogP contribution < -0.4 is 0 Å². The Kier molecular flexibility index (Phi) is 5.40. The number of benzene rings is 2. The molecule has 4 heteroatoms. The standard InChI is InChI=1S/C24H23NO2S/c1-17-21-14-16-28-23(21)13-15-25(17)24(27)12-11-22(26)20-9-7-19(8-10-20)18-5-3-2-4-6-18/h2-10,14,16-17H,11-13,15H2,1H3/t17-/m0/s1. The second-order valence-corrected chi connectivity index (χ2v) is 8.18. The van der Waals surface area contributed by atoms with Crippen LogP contribution in [0.3, 0.4) is 0 Å². The highest BCUT2D eigenvalue weighted by Crippen LogP contribution is 2.33. The van der Waals surface area contributed by atoms with Crippen molar-refractivity contribution in [2.45, 2.75) is 32.2 Å². The molecule has 28 heavy (non-hydrogen) atoms. The van der Waals surface area contributed by atoms with Crippen LogP contribution in [0.15, 0.2) is 66.0 Å². The van der Waals surface area contributed by atoms with Gasteiger partial charge in [-0.05, 0) is 41.5 Å². The molecule has 0 N–H and O–H groups in total. The van der Waals surface area contributed by atoms with Crippen molar-refractivity contribution in [3.05, 3.63) is 82.0 Å². The van der Waals surface area contributed by atoms with E-state index >= 15 is 0 Å². The molecule has 1 aliphatic rings. The minimum Gasteiger partial charge on any atom is -0.336 e. The maximum absolute atomic E-state index is 12.7. The van der Waals surface area contributed by atoms with E-state index in [9.17, 15) is 9.59 Å². The topological polar surface area (TPSA) is 37.4 Å². The van der Waals surface area contributed by atoms with Crippen molar-refractivity contribution in [3.8, 4) is 11.1 Å². The number of ketones is 1. The van der Waals surface area contributed by atoms with Crippen LogP contribution in [0.25, 0.3) is 11.1 Å². The van der Waals surface area contributed by atoms with Gasteiger partial charge in [0.15, 0.2) is 5.78 Å². The lowest BCUT2D eigenvalue weighted by Gasteiger charge is -2.33. The van der Waals surface area contributed by atoms with E-state index < -0.39 is 0 Å². The van der Waals surface area contributed by atoms with Crippen molar-refractivity contribution < 1.29 is 9.59 Å². The largest absolute Gasteiger partial charge is 0.336 e. The molecule has 0 unspecified atom stereocenters. The van der Waals surface area contributed by atoms with Gasteiger partial charge in [-0.3, -0.25) is 9.59 Å². The van der Waals surface area contributed by atoms with Gasteiger partial charge in [0.2, 0.25) is 5.91 Å². The van der Waals surface area contributed by atoms with Crippen LogP contribution >= 0.6 is 11.3 Å². The number of rotatable bonds is 5. The van der Waals surface area contributed by atoms with E-state index in [-0.39, 0.29) is 30.6 Å². The number of thiophene rings is 1. The normalized spacial score (nSPS) is 15.9. The molecule has 0 bridgehead atoms. The van der Waals surface area contributed by atoms with Crippen molar-refractivity contribution >= 4 is 23.0 Å². The number of hydrogen-bond donors (Lipinski definition) is 0. The molecule has 0 saturated carbocycles. The molecule has 2 aromatic carbocycles. The molecule has 1 atom stereocenters. The first-order valence-electron chi connectivity index (χ1n) is 9.68. The number of amides is 1. The van der Waals surface area contributed by atoms with Crippen LogP contribution in [0, 0.1) is 0 Å². The molecule has 3 aromatic rings. The van der Waals surface area contributed by atoms with Crippen LogP contribution in [0.5, 0.6) is 0 Å². The minimum absolute atomic E-state index is 0.0221. The first-order chi connectivity index (χ1) is 13.6. The summed E-state index contributed by atoms with van der Waals surface area (Å²) in [5.74, 6) is 0.0902. The fourth-order valence-corrected chi connectivity index (χ4v) is 4.80. The zero-order chi connectivity index (χ0) is 19.5. The highest BCUT2D eigenvalue weighted by atomic mass is 32.1. The van der Waals surface area contributed by atoms with Crippen LogP contribution in [-0.4, -0.2) is 23.1 Å². The molecule has 0 fully saturated rings. The number of Topliss-reactive ketones (excluding diaryl/α,β-unsaturated/α-hetero) is 1. The van der Waals surface area contributed by atoms with Gasteiger partial charge in [0, 0.05) is 29.8 Å². The van der Waals surface area contributed by atoms with Gasteiger partial charge in [-0.15, -0.1) is 11.3 Å². The number of hydrogen-bond acceptors (Lipinski definition) is 3. The lowest BCUT2D eigenvalue weighted by molar-refractivity contribution is -0.133. The third kappa shape index (κ3) is 3.78. The zero-order valence-corrected chi connectivity index (χ0v) is 16.7. The number of nitrogens with zero attached hydrogens (tertiary/aromatic N) is 1. The van der Waals surface area contributed by atoms with E-state index in [1.807, 2.05) is 59.5 Å². The molecule has 142 valence electrons. The lowest BCUT2D eigenvalue weighted by Crippen LogP contribution is -2.38. The Balaban J connectivity index is 1.36. The van der Waals surface area contributed by atoms with Crippen LogP contribution in [-0.2, 0) is 11.2 Å². The second-order valence-electron chi connectivity index (χ2n) is 7.18. The quantitative estimate of drug-likeness (QED) is 0.539. The zero-order valence-electron chi connectivity index (χ0n) is 15.9. The van der Waals surface area contributed by atoms with Crippen molar-refractivity contribution in [2.75, 3.05) is 6.54 Å². The number of carbonyl (C=O) groups is 2. The molecule has 4 rings (SSSR count). The Hall–Kier alpha value is -2.72. The summed E-state index contributed by atoms with van der Waals surface area (Å²) in [6, 6.07) is 20.0. The summed E-state index contributed by atoms with van der Waals surface area (Å²) in [7, 11) is 0. The van der Waals surface area contributed by atoms with Crippen LogP contribution in [0.4, 0.5) is 0 Å². The number of fused-ring (bicyclic) bond motifs is 1. The van der Waals surface area contributed by atoms with Gasteiger partial charge in [0.05, 0.1) is 6.04 Å². The van der Waals surface area contributed by atoms with E-state index in [0.717, 1.165) is 24.1 Å². The van der Waals surface area contributed by atoms with Gasteiger partial charge in [-0.25, -0.2) is 0 Å². The van der Waals surface area contributed by atoms with Gasteiger partial charge >= 0.3 is 0 Å². The average Bonchev–Trinajstić information content (AvgIpc) is 3.23. The Labute approximate surface area is 169 Å². The summed E-state index contributed by atoms with van der Waals surface area (Å²) in [5, 5.41) is 2.10. The highest BCUT2D eigenvalue weighted by Gasteiger charge is 2.28. The first kappa shape index (κ1) is 18.6. The van der Waals surface area contributed by atoms with Crippen molar-refractivity contribution in [2.24, 2.45) is 0 Å². The summed E-state index contributed by atoms with van der Waals surface area (Å²) < 4.78 is 0. The van der Waals surface area contributed by atoms with E-state index in [4.69, 9.17) is 0 Å². The Morgan fingerprint density at radius 2 is 1.68 bits per heavy atom. The molecule has 0 saturated heterocycles. The highest BCUT2D eigenvalue weighted by molar-refractivity contribution is 7.10. The molecule has 3 nitrogen and oxygen atoms in total. The summed E-state index contributed by atoms with van der Waals surface area (Å²) in [4.78, 5) is 28.5. The van der Waals surface area contributed by atoms with E-state index in [0.29, 0.717) is 5.56 Å². The second kappa shape index (κ2) is 8.11. The molecular formula is C24H23NO2S. The van der Waals surface area contributed by atoms with Crippen molar-refractivity contribution in [1.82, 2.24) is 4.90 Å². The molecule has 0 aliphatic carbocycles. The molecule has 1 amide bonds. The third-order valence-corrected chi connectivity index (χ3v) is 6.47. The lowest BCUT2D eigenvalue weighted by atomic mass is 9.99. The molecule has 0 radical (unpaired) electrons. The number of carbonyl (C=O) groups excluding carboxylic acids is 2. The maximum Gasteiger partial charge on any atom is 0.223 e. The minimum atomic E-state index is 0.0221. The molecular weight excluding hydrogens is 366 g/mol. The SMILES string of the molecule is C[C@H]1c2ccsc2CCN1C(=O)CCC(=O)c1ccc(-c2ccccc2)cc1. The molecule has 0 spiro atoms. The average molecular weight is 390 g/mol. The molecule has 2 heterocycles. The molecule has 1 aromatic heterocycles.